The van der Waals surface area contributed by atoms with Crippen molar-refractivity contribution in [2.24, 2.45) is 0 Å². The lowest BCUT2D eigenvalue weighted by Gasteiger charge is -2.15. The number of hydrogen-bond acceptors (Lipinski definition) is 2. The van der Waals surface area contributed by atoms with Gasteiger partial charge in [0.15, 0.2) is 0 Å². The topological polar surface area (TPSA) is 71.3 Å². The first-order chi connectivity index (χ1) is 11.4. The fourth-order valence-electron chi connectivity index (χ4n) is 3.18. The lowest BCUT2D eigenvalue weighted by atomic mass is 10.1. The molecule has 130 valence electrons. The van der Waals surface area contributed by atoms with E-state index in [0.29, 0.717) is 25.1 Å². The van der Waals surface area contributed by atoms with Crippen LogP contribution in [-0.4, -0.2) is 27.6 Å². The average Bonchev–Trinajstić information content (AvgIpc) is 2.85. The maximum absolute atomic E-state index is 12.8. The summed E-state index contributed by atoms with van der Waals surface area (Å²) in [5.74, 6) is -1.31. The Bertz CT molecular complexity index is 762. The molecule has 1 heterocycles. The Labute approximate surface area is 142 Å². The molecule has 2 rings (SSSR count). The van der Waals surface area contributed by atoms with E-state index in [0.717, 1.165) is 22.9 Å². The van der Waals surface area contributed by atoms with Gasteiger partial charge in [0.2, 0.25) is 0 Å². The summed E-state index contributed by atoms with van der Waals surface area (Å²) in [4.78, 5) is 24.1. The van der Waals surface area contributed by atoms with Crippen molar-refractivity contribution < 1.29 is 14.7 Å². The normalized spacial score (nSPS) is 12.3. The van der Waals surface area contributed by atoms with E-state index in [1.165, 1.54) is 5.56 Å². The third-order valence-electron chi connectivity index (χ3n) is 4.50. The Hall–Kier alpha value is -2.30. The van der Waals surface area contributed by atoms with Gasteiger partial charge in [0, 0.05) is 17.4 Å². The Morgan fingerprint density at radius 3 is 2.50 bits per heavy atom. The molecule has 2 aromatic rings. The van der Waals surface area contributed by atoms with Gasteiger partial charge in [-0.25, -0.2) is 4.79 Å². The average molecular weight is 330 g/mol. The first-order valence-corrected chi connectivity index (χ1v) is 8.59. The molecule has 1 aromatic heterocycles. The van der Waals surface area contributed by atoms with Gasteiger partial charge in [-0.15, -0.1) is 0 Å². The molecule has 0 saturated heterocycles. The predicted octanol–water partition coefficient (Wildman–Crippen LogP) is 3.52. The van der Waals surface area contributed by atoms with Crippen LogP contribution in [0.25, 0.3) is 10.9 Å². The Morgan fingerprint density at radius 1 is 1.25 bits per heavy atom. The number of amides is 1. The van der Waals surface area contributed by atoms with Crippen LogP contribution < -0.4 is 5.32 Å². The molecule has 0 spiro atoms. The van der Waals surface area contributed by atoms with Gasteiger partial charge in [0.05, 0.1) is 0 Å². The van der Waals surface area contributed by atoms with E-state index >= 15 is 0 Å². The number of aliphatic carboxylic acids is 1. The summed E-state index contributed by atoms with van der Waals surface area (Å²) in [6.07, 6.45) is 2.06. The maximum atomic E-state index is 12.8. The number of fused-ring (bicyclic) bond motifs is 1. The van der Waals surface area contributed by atoms with Crippen molar-refractivity contribution in [2.75, 3.05) is 0 Å². The van der Waals surface area contributed by atoms with E-state index in [1.54, 1.807) is 0 Å². The molecule has 0 aliphatic rings. The Balaban J connectivity index is 2.48. The van der Waals surface area contributed by atoms with Crippen LogP contribution in [0.5, 0.6) is 0 Å². The molecular weight excluding hydrogens is 304 g/mol. The number of nitrogens with one attached hydrogen (secondary N) is 1. The van der Waals surface area contributed by atoms with Crippen LogP contribution >= 0.6 is 0 Å². The highest BCUT2D eigenvalue weighted by Crippen LogP contribution is 2.27. The number of aromatic nitrogens is 1. The zero-order valence-corrected chi connectivity index (χ0v) is 14.8. The van der Waals surface area contributed by atoms with Crippen LogP contribution in [0.3, 0.4) is 0 Å². The number of carbonyl (C=O) groups excluding carboxylic acids is 1. The van der Waals surface area contributed by atoms with Crippen LogP contribution in [0.15, 0.2) is 18.2 Å². The van der Waals surface area contributed by atoms with Crippen LogP contribution in [0.1, 0.15) is 55.2 Å². The summed E-state index contributed by atoms with van der Waals surface area (Å²) in [6, 6.07) is 5.39. The van der Waals surface area contributed by atoms with E-state index in [2.05, 4.69) is 24.4 Å². The fourth-order valence-corrected chi connectivity index (χ4v) is 3.18. The number of nitrogens with zero attached hydrogens (tertiary/aromatic N) is 1. The summed E-state index contributed by atoms with van der Waals surface area (Å²) >= 11 is 0. The van der Waals surface area contributed by atoms with Gasteiger partial charge in [-0.2, -0.15) is 0 Å². The van der Waals surface area contributed by atoms with Crippen LogP contribution in [-0.2, 0) is 17.8 Å². The maximum Gasteiger partial charge on any atom is 0.326 e. The quantitative estimate of drug-likeness (QED) is 0.816. The molecule has 5 heteroatoms. The molecule has 2 N–H and O–H groups in total. The minimum absolute atomic E-state index is 0.315. The molecule has 1 atom stereocenters. The number of aryl methyl sites for hydroxylation is 3. The summed E-state index contributed by atoms with van der Waals surface area (Å²) < 4.78 is 1.96. The lowest BCUT2D eigenvalue weighted by Crippen LogP contribution is -2.41. The minimum atomic E-state index is -0.990. The van der Waals surface area contributed by atoms with Gasteiger partial charge < -0.3 is 15.0 Å². The highest BCUT2D eigenvalue weighted by atomic mass is 16.4. The van der Waals surface area contributed by atoms with Crippen molar-refractivity contribution in [1.82, 2.24) is 9.88 Å². The molecule has 1 amide bonds. The van der Waals surface area contributed by atoms with Gasteiger partial charge in [-0.3, -0.25) is 4.79 Å². The lowest BCUT2D eigenvalue weighted by molar-refractivity contribution is -0.139. The number of carbonyl (C=O) groups is 2. The minimum Gasteiger partial charge on any atom is -0.480 e. The molecule has 0 aliphatic carbocycles. The van der Waals surface area contributed by atoms with Gasteiger partial charge in [0.25, 0.3) is 5.91 Å². The number of carboxylic acid groups (broad SMARTS) is 1. The van der Waals surface area contributed by atoms with Gasteiger partial charge in [-0.1, -0.05) is 26.3 Å². The van der Waals surface area contributed by atoms with Gasteiger partial charge >= 0.3 is 5.97 Å². The first-order valence-electron chi connectivity index (χ1n) is 8.59. The van der Waals surface area contributed by atoms with Crippen molar-refractivity contribution >= 4 is 22.8 Å². The molecule has 0 aliphatic heterocycles. The number of benzene rings is 1. The number of hydrogen-bond donors (Lipinski definition) is 2. The first kappa shape index (κ1) is 18.0. The highest BCUT2D eigenvalue weighted by molar-refractivity contribution is 6.03. The zero-order chi connectivity index (χ0) is 17.9. The molecule has 0 saturated carbocycles. The predicted molar refractivity (Wildman–Crippen MR) is 95.5 cm³/mol. The highest BCUT2D eigenvalue weighted by Gasteiger charge is 2.24. The second kappa shape index (κ2) is 7.51. The molecule has 0 fully saturated rings. The second-order valence-corrected chi connectivity index (χ2v) is 6.08. The van der Waals surface area contributed by atoms with E-state index in [1.807, 2.05) is 31.4 Å². The molecule has 5 nitrogen and oxygen atoms in total. The zero-order valence-electron chi connectivity index (χ0n) is 14.8. The SMILES string of the molecule is CCCC(NC(=O)c1c(C)c2cc(CC)ccc2n1CC)C(=O)O. The summed E-state index contributed by atoms with van der Waals surface area (Å²) in [5.41, 5.74) is 3.70. The van der Waals surface area contributed by atoms with Crippen LogP contribution in [0.4, 0.5) is 0 Å². The van der Waals surface area contributed by atoms with Crippen molar-refractivity contribution in [2.45, 2.75) is 59.5 Å². The third kappa shape index (κ3) is 3.30. The number of carboxylic acids is 1. The van der Waals surface area contributed by atoms with E-state index < -0.39 is 12.0 Å². The third-order valence-corrected chi connectivity index (χ3v) is 4.50. The van der Waals surface area contributed by atoms with Gasteiger partial charge in [0.1, 0.15) is 11.7 Å². The van der Waals surface area contributed by atoms with Crippen LogP contribution in [0, 0.1) is 6.92 Å². The Morgan fingerprint density at radius 2 is 1.96 bits per heavy atom. The smallest absolute Gasteiger partial charge is 0.326 e. The van der Waals surface area contributed by atoms with E-state index in [-0.39, 0.29) is 5.91 Å². The van der Waals surface area contributed by atoms with E-state index in [9.17, 15) is 14.7 Å². The van der Waals surface area contributed by atoms with Crippen molar-refractivity contribution in [3.05, 3.63) is 35.0 Å². The molecule has 0 bridgehead atoms. The number of rotatable bonds is 7. The second-order valence-electron chi connectivity index (χ2n) is 6.08. The van der Waals surface area contributed by atoms with Crippen LogP contribution in [0.2, 0.25) is 0 Å². The summed E-state index contributed by atoms with van der Waals surface area (Å²) in [7, 11) is 0. The monoisotopic (exact) mass is 330 g/mol. The fraction of sp³-hybridized carbons (Fsp3) is 0.474. The molecular formula is C19H26N2O3. The molecule has 24 heavy (non-hydrogen) atoms. The Kier molecular flexibility index (Phi) is 5.65. The van der Waals surface area contributed by atoms with E-state index in [4.69, 9.17) is 0 Å². The molecule has 1 unspecified atom stereocenters. The van der Waals surface area contributed by atoms with Crippen molar-refractivity contribution in [1.29, 1.82) is 0 Å². The van der Waals surface area contributed by atoms with Crippen molar-refractivity contribution in [3.63, 3.8) is 0 Å². The van der Waals surface area contributed by atoms with Gasteiger partial charge in [-0.05, 0) is 49.9 Å². The van der Waals surface area contributed by atoms with Crippen molar-refractivity contribution in [3.8, 4) is 0 Å². The standard InChI is InChI=1S/C19H26N2O3/c1-5-8-15(19(23)24)20-18(22)17-12(4)14-11-13(6-2)9-10-16(14)21(17)7-3/h9-11,15H,5-8H2,1-4H3,(H,20,22)(H,23,24). The molecule has 0 radical (unpaired) electrons. The summed E-state index contributed by atoms with van der Waals surface area (Å²) in [6.45, 7) is 8.58. The summed E-state index contributed by atoms with van der Waals surface area (Å²) in [5, 5.41) is 13.0. The largest absolute Gasteiger partial charge is 0.480 e. The molecule has 1 aromatic carbocycles.